The van der Waals surface area contributed by atoms with Crippen molar-refractivity contribution in [3.63, 3.8) is 0 Å². The molecule has 7 nitrogen and oxygen atoms in total. The van der Waals surface area contributed by atoms with Crippen LogP contribution in [0.1, 0.15) is 16.8 Å². The highest BCUT2D eigenvalue weighted by Gasteiger charge is 2.21. The second-order valence-electron chi connectivity index (χ2n) is 5.68. The first kappa shape index (κ1) is 20.1. The van der Waals surface area contributed by atoms with Crippen molar-refractivity contribution in [2.75, 3.05) is 19.0 Å². The zero-order chi connectivity index (χ0) is 20.6. The highest BCUT2D eigenvalue weighted by Crippen LogP contribution is 2.36. The number of thioether (sulfide) groups is 1. The number of anilines is 1. The zero-order valence-electron chi connectivity index (χ0n) is 15.2. The molecule has 0 aliphatic heterocycles. The molecule has 0 aromatic carbocycles. The van der Waals surface area contributed by atoms with Crippen molar-refractivity contribution in [2.24, 2.45) is 0 Å². The summed E-state index contributed by atoms with van der Waals surface area (Å²) in [5.74, 6) is 0.885. The summed E-state index contributed by atoms with van der Waals surface area (Å²) >= 11 is 1.30. The van der Waals surface area contributed by atoms with Crippen LogP contribution in [0.15, 0.2) is 47.8 Å². The summed E-state index contributed by atoms with van der Waals surface area (Å²) in [6, 6.07) is 12.9. The molecule has 0 aliphatic rings. The predicted octanol–water partition coefficient (Wildman–Crippen LogP) is 3.50. The highest BCUT2D eigenvalue weighted by atomic mass is 32.2. The van der Waals surface area contributed by atoms with E-state index in [-0.39, 0.29) is 23.6 Å². The van der Waals surface area contributed by atoms with Crippen molar-refractivity contribution in [1.82, 2.24) is 15.0 Å². The Bertz CT molecular complexity index is 1080. The summed E-state index contributed by atoms with van der Waals surface area (Å²) in [4.78, 5) is 12.8. The van der Waals surface area contributed by atoms with Crippen molar-refractivity contribution in [3.05, 3.63) is 59.5 Å². The molecule has 0 unspecified atom stereocenters. The van der Waals surface area contributed by atoms with Crippen LogP contribution in [0, 0.1) is 22.7 Å². The number of alkyl halides is 1. The lowest BCUT2D eigenvalue weighted by molar-refractivity contribution is 0.272. The monoisotopic (exact) mass is 406 g/mol. The van der Waals surface area contributed by atoms with E-state index < -0.39 is 6.67 Å². The molecular formula is C20H15FN6OS. The first-order valence-electron chi connectivity index (χ1n) is 8.49. The maximum Gasteiger partial charge on any atom is 0.143 e. The number of aromatic nitrogens is 3. The molecule has 0 fully saturated rings. The second-order valence-corrected chi connectivity index (χ2v) is 6.64. The molecule has 29 heavy (non-hydrogen) atoms. The number of ether oxygens (including phenoxy) is 1. The maximum absolute atomic E-state index is 12.3. The van der Waals surface area contributed by atoms with Gasteiger partial charge in [-0.05, 0) is 24.3 Å². The van der Waals surface area contributed by atoms with E-state index in [1.54, 1.807) is 18.3 Å². The van der Waals surface area contributed by atoms with Gasteiger partial charge in [0.2, 0.25) is 0 Å². The van der Waals surface area contributed by atoms with E-state index in [4.69, 9.17) is 10.5 Å². The number of hydrogen-bond donors (Lipinski definition) is 1. The number of pyridine rings is 3. The molecule has 3 heterocycles. The lowest BCUT2D eigenvalue weighted by atomic mass is 10.0. The number of nitrogen functional groups attached to an aromatic ring is 1. The minimum Gasteiger partial charge on any atom is -0.489 e. The van der Waals surface area contributed by atoms with Crippen LogP contribution in [-0.2, 0) is 5.75 Å². The predicted molar refractivity (Wildman–Crippen MR) is 107 cm³/mol. The van der Waals surface area contributed by atoms with Crippen molar-refractivity contribution < 1.29 is 9.13 Å². The topological polar surface area (TPSA) is 122 Å². The molecule has 0 amide bonds. The fourth-order valence-electron chi connectivity index (χ4n) is 2.55. The number of halogens is 1. The van der Waals surface area contributed by atoms with Crippen molar-refractivity contribution in [3.8, 4) is 29.1 Å². The SMILES string of the molecule is N#Cc1c(N)nc(SCc2ccccn2)c(C#N)c1-c1ccc(OCCF)cn1. The van der Waals surface area contributed by atoms with E-state index in [9.17, 15) is 14.9 Å². The Morgan fingerprint density at radius 1 is 1.10 bits per heavy atom. The number of nitriles is 2. The van der Waals surface area contributed by atoms with Gasteiger partial charge in [0.15, 0.2) is 0 Å². The third-order valence-electron chi connectivity index (χ3n) is 3.84. The van der Waals surface area contributed by atoms with E-state index in [2.05, 4.69) is 21.0 Å². The first-order chi connectivity index (χ1) is 14.2. The number of rotatable bonds is 7. The van der Waals surface area contributed by atoms with Gasteiger partial charge in [0, 0.05) is 17.5 Å². The van der Waals surface area contributed by atoms with Crippen LogP contribution < -0.4 is 10.5 Å². The molecule has 0 radical (unpaired) electrons. The van der Waals surface area contributed by atoms with E-state index in [1.807, 2.05) is 24.3 Å². The van der Waals surface area contributed by atoms with Gasteiger partial charge in [0.1, 0.15) is 47.6 Å². The highest BCUT2D eigenvalue weighted by molar-refractivity contribution is 7.98. The van der Waals surface area contributed by atoms with Crippen LogP contribution in [0.3, 0.4) is 0 Å². The van der Waals surface area contributed by atoms with Gasteiger partial charge in [0.05, 0.1) is 23.1 Å². The molecule has 3 rings (SSSR count). The van der Waals surface area contributed by atoms with Crippen molar-refractivity contribution in [2.45, 2.75) is 10.8 Å². The molecule has 0 atom stereocenters. The molecule has 3 aromatic heterocycles. The Morgan fingerprint density at radius 3 is 2.55 bits per heavy atom. The summed E-state index contributed by atoms with van der Waals surface area (Å²) in [6.07, 6.45) is 3.09. The van der Waals surface area contributed by atoms with Crippen LogP contribution >= 0.6 is 11.8 Å². The van der Waals surface area contributed by atoms with Gasteiger partial charge in [-0.3, -0.25) is 9.97 Å². The Hall–Kier alpha value is -3.69. The molecule has 144 valence electrons. The second kappa shape index (κ2) is 9.49. The van der Waals surface area contributed by atoms with Crippen LogP contribution in [0.2, 0.25) is 0 Å². The minimum absolute atomic E-state index is 0.0181. The van der Waals surface area contributed by atoms with E-state index in [0.29, 0.717) is 27.8 Å². The zero-order valence-corrected chi connectivity index (χ0v) is 16.0. The summed E-state index contributed by atoms with van der Waals surface area (Å²) in [7, 11) is 0. The van der Waals surface area contributed by atoms with Gasteiger partial charge < -0.3 is 10.5 Å². The van der Waals surface area contributed by atoms with Gasteiger partial charge in [-0.25, -0.2) is 9.37 Å². The third-order valence-corrected chi connectivity index (χ3v) is 4.85. The average molecular weight is 406 g/mol. The lowest BCUT2D eigenvalue weighted by Gasteiger charge is -2.12. The van der Waals surface area contributed by atoms with Crippen LogP contribution in [-0.4, -0.2) is 28.2 Å². The number of hydrogen-bond acceptors (Lipinski definition) is 8. The van der Waals surface area contributed by atoms with Crippen LogP contribution in [0.5, 0.6) is 5.75 Å². The molecule has 0 saturated heterocycles. The fraction of sp³-hybridized carbons (Fsp3) is 0.150. The molecule has 2 N–H and O–H groups in total. The summed E-state index contributed by atoms with van der Waals surface area (Å²) in [5, 5.41) is 19.7. The summed E-state index contributed by atoms with van der Waals surface area (Å²) in [5.41, 5.74) is 7.78. The Balaban J connectivity index is 2.02. The van der Waals surface area contributed by atoms with E-state index in [1.165, 1.54) is 18.0 Å². The normalized spacial score (nSPS) is 10.2. The van der Waals surface area contributed by atoms with Crippen LogP contribution in [0.4, 0.5) is 10.2 Å². The largest absolute Gasteiger partial charge is 0.489 e. The van der Waals surface area contributed by atoms with Crippen molar-refractivity contribution >= 4 is 17.6 Å². The lowest BCUT2D eigenvalue weighted by Crippen LogP contribution is -2.04. The fourth-order valence-corrected chi connectivity index (χ4v) is 3.46. The van der Waals surface area contributed by atoms with Gasteiger partial charge in [-0.15, -0.1) is 0 Å². The van der Waals surface area contributed by atoms with Gasteiger partial charge in [-0.2, -0.15) is 10.5 Å². The standard InChI is InChI=1S/C20H15FN6OS/c21-6-8-28-14-4-5-17(26-11-14)18-15(9-22)19(24)27-20(16(18)10-23)29-12-13-3-1-2-7-25-13/h1-5,7,11H,6,8,12H2,(H2,24,27). The maximum atomic E-state index is 12.3. The minimum atomic E-state index is -0.614. The van der Waals surface area contributed by atoms with Gasteiger partial charge in [0.25, 0.3) is 0 Å². The molecular weight excluding hydrogens is 391 g/mol. The van der Waals surface area contributed by atoms with Crippen LogP contribution in [0.25, 0.3) is 11.3 Å². The average Bonchev–Trinajstić information content (AvgIpc) is 2.76. The van der Waals surface area contributed by atoms with Gasteiger partial charge in [-0.1, -0.05) is 17.8 Å². The molecule has 0 bridgehead atoms. The Labute approximate surface area is 171 Å². The third kappa shape index (κ3) is 4.60. The van der Waals surface area contributed by atoms with Gasteiger partial charge >= 0.3 is 0 Å². The summed E-state index contributed by atoms with van der Waals surface area (Å²) in [6.45, 7) is -0.693. The Kier molecular flexibility index (Phi) is 6.56. The quantitative estimate of drug-likeness (QED) is 0.592. The Morgan fingerprint density at radius 2 is 1.93 bits per heavy atom. The molecule has 0 aliphatic carbocycles. The number of nitrogens with two attached hydrogens (primary N) is 1. The smallest absolute Gasteiger partial charge is 0.143 e. The van der Waals surface area contributed by atoms with E-state index >= 15 is 0 Å². The molecule has 0 spiro atoms. The molecule has 0 saturated carbocycles. The first-order valence-corrected chi connectivity index (χ1v) is 9.48. The molecule has 9 heteroatoms. The summed E-state index contributed by atoms with van der Waals surface area (Å²) < 4.78 is 17.4. The van der Waals surface area contributed by atoms with Crippen molar-refractivity contribution in [1.29, 1.82) is 10.5 Å². The number of nitrogens with zero attached hydrogens (tertiary/aromatic N) is 5. The molecule has 3 aromatic rings. The van der Waals surface area contributed by atoms with E-state index in [0.717, 1.165) is 5.69 Å².